The summed E-state index contributed by atoms with van der Waals surface area (Å²) in [6.45, 7) is 20.9. The SMILES string of the molecule is CC(=O)O[C@@H]([C@H]1C[C@@H](C)C2[C@H](O1)C(=O)[C@@]1(C)[C@@H]3CC[C@H]4C(C)(C)[C@@H](O[C@H]5CN(C6CCOCC6)CCO5)CC[C@@]45C[C@@]35CC[C@]21C)C(C)(C)O. The highest BCUT2D eigenvalue weighted by Crippen LogP contribution is 2.89. The Morgan fingerprint density at radius 2 is 1.68 bits per heavy atom. The molecule has 1 N–H and O–H groups in total. The fraction of sp³-hybridized carbons (Fsp3) is 0.951. The Hall–Kier alpha value is -1.10. The first-order valence-corrected chi connectivity index (χ1v) is 20.2. The van der Waals surface area contributed by atoms with Crippen LogP contribution in [0.15, 0.2) is 0 Å². The Labute approximate surface area is 300 Å². The molecule has 50 heavy (non-hydrogen) atoms. The number of Topliss-reactive ketones (excluding diaryl/α,β-unsaturated/α-hetero) is 1. The number of hydrogen-bond donors (Lipinski definition) is 1. The van der Waals surface area contributed by atoms with E-state index >= 15 is 4.79 Å². The summed E-state index contributed by atoms with van der Waals surface area (Å²) in [4.78, 5) is 29.7. The summed E-state index contributed by atoms with van der Waals surface area (Å²) in [5, 5.41) is 11.0. The van der Waals surface area contributed by atoms with Gasteiger partial charge in [0.05, 0.1) is 24.4 Å². The number of nitrogens with zero attached hydrogens (tertiary/aromatic N) is 1. The van der Waals surface area contributed by atoms with Gasteiger partial charge in [0.15, 0.2) is 18.2 Å². The normalized spacial score (nSPS) is 49.5. The van der Waals surface area contributed by atoms with Gasteiger partial charge in [-0.1, -0.05) is 34.6 Å². The van der Waals surface area contributed by atoms with E-state index in [-0.39, 0.29) is 51.7 Å². The van der Waals surface area contributed by atoms with E-state index in [1.165, 1.54) is 26.2 Å². The number of carbonyl (C=O) groups excluding carboxylic acids is 2. The molecule has 13 atom stereocenters. The summed E-state index contributed by atoms with van der Waals surface area (Å²) < 4.78 is 31.3. The maximum absolute atomic E-state index is 15.1. The molecule has 9 heteroatoms. The monoisotopic (exact) mass is 699 g/mol. The number of carbonyl (C=O) groups is 2. The Morgan fingerprint density at radius 1 is 0.980 bits per heavy atom. The van der Waals surface area contributed by atoms with Crippen molar-refractivity contribution in [3.63, 3.8) is 0 Å². The highest BCUT2D eigenvalue weighted by atomic mass is 16.7. The predicted octanol–water partition coefficient (Wildman–Crippen LogP) is 5.93. The van der Waals surface area contributed by atoms with Gasteiger partial charge in [-0.25, -0.2) is 0 Å². The number of ether oxygens (including phenoxy) is 5. The molecular formula is C41H65NO8. The fourth-order valence-electron chi connectivity index (χ4n) is 14.6. The van der Waals surface area contributed by atoms with Crippen molar-refractivity contribution in [1.82, 2.24) is 4.90 Å². The number of ketones is 1. The van der Waals surface area contributed by atoms with Crippen molar-refractivity contribution >= 4 is 11.8 Å². The lowest BCUT2D eigenvalue weighted by atomic mass is 9.41. The molecule has 8 rings (SSSR count). The second-order valence-electron chi connectivity index (χ2n) is 19.8. The quantitative estimate of drug-likeness (QED) is 0.338. The summed E-state index contributed by atoms with van der Waals surface area (Å²) in [5.74, 6) is 1.08. The first kappa shape index (κ1) is 35.9. The third-order valence-electron chi connectivity index (χ3n) is 16.9. The van der Waals surface area contributed by atoms with Gasteiger partial charge in [-0.3, -0.25) is 14.5 Å². The van der Waals surface area contributed by atoms with E-state index in [0.29, 0.717) is 24.3 Å². The van der Waals surface area contributed by atoms with Crippen LogP contribution in [0.2, 0.25) is 0 Å². The van der Waals surface area contributed by atoms with E-state index in [1.807, 2.05) is 0 Å². The van der Waals surface area contributed by atoms with Crippen molar-refractivity contribution in [2.75, 3.05) is 32.9 Å². The molecule has 3 aliphatic heterocycles. The van der Waals surface area contributed by atoms with Gasteiger partial charge in [0.25, 0.3) is 0 Å². The molecule has 0 amide bonds. The second kappa shape index (κ2) is 11.9. The molecule has 8 aliphatic rings. The van der Waals surface area contributed by atoms with Gasteiger partial charge in [-0.15, -0.1) is 0 Å². The Bertz CT molecular complexity index is 1360. The maximum atomic E-state index is 15.1. The average molecular weight is 700 g/mol. The summed E-state index contributed by atoms with van der Waals surface area (Å²) >= 11 is 0. The minimum absolute atomic E-state index is 0.0278. The van der Waals surface area contributed by atoms with Gasteiger partial charge >= 0.3 is 5.97 Å². The van der Waals surface area contributed by atoms with Gasteiger partial charge in [0, 0.05) is 50.6 Å². The Morgan fingerprint density at radius 3 is 2.38 bits per heavy atom. The fourth-order valence-corrected chi connectivity index (χ4v) is 14.6. The highest BCUT2D eigenvalue weighted by Gasteiger charge is 2.85. The van der Waals surface area contributed by atoms with Crippen molar-refractivity contribution in [1.29, 1.82) is 0 Å². The molecule has 0 aromatic heterocycles. The largest absolute Gasteiger partial charge is 0.457 e. The summed E-state index contributed by atoms with van der Waals surface area (Å²) in [6.07, 6.45) is 8.91. The molecule has 0 radical (unpaired) electrons. The van der Waals surface area contributed by atoms with E-state index in [9.17, 15) is 9.90 Å². The van der Waals surface area contributed by atoms with Crippen molar-refractivity contribution in [3.8, 4) is 0 Å². The third kappa shape index (κ3) is 4.98. The number of hydrogen-bond acceptors (Lipinski definition) is 9. The maximum Gasteiger partial charge on any atom is 0.303 e. The number of morpholine rings is 1. The van der Waals surface area contributed by atoms with Crippen molar-refractivity contribution in [2.45, 2.75) is 162 Å². The first-order chi connectivity index (χ1) is 23.5. The van der Waals surface area contributed by atoms with Gasteiger partial charge in [-0.05, 0) is 117 Å². The van der Waals surface area contributed by atoms with Gasteiger partial charge in [0.1, 0.15) is 6.10 Å². The lowest BCUT2D eigenvalue weighted by molar-refractivity contribution is -0.250. The zero-order chi connectivity index (χ0) is 35.6. The van der Waals surface area contributed by atoms with Crippen LogP contribution in [0.3, 0.4) is 0 Å². The van der Waals surface area contributed by atoms with Crippen LogP contribution < -0.4 is 0 Å². The first-order valence-electron chi connectivity index (χ1n) is 20.2. The second-order valence-corrected chi connectivity index (χ2v) is 19.8. The standard InChI is InChI=1S/C41H65NO8/c1-24-21-27(35(37(5,6)45)48-25(2)43)49-33-32(24)38(7)15-16-41-23-40(41)14-11-30(36(3,4)28(40)9-10-29(41)39(38,8)34(33)44)50-31-22-42(17-20-47-31)26-12-18-46-19-13-26/h24,26-33,35,45H,9-23H2,1-8H3/t24-,27-,28+,29+,30+,31+,32?,33+,35+,38-,39-,40-,41+/m1/s1. The third-order valence-corrected chi connectivity index (χ3v) is 16.9. The van der Waals surface area contributed by atoms with Crippen molar-refractivity contribution in [2.24, 2.45) is 50.7 Å². The topological polar surface area (TPSA) is 104 Å². The molecule has 0 aromatic carbocycles. The van der Waals surface area contributed by atoms with Crippen molar-refractivity contribution < 1.29 is 38.4 Å². The zero-order valence-corrected chi connectivity index (χ0v) is 32.1. The molecule has 2 spiro atoms. The van der Waals surface area contributed by atoms with Gasteiger partial charge in [0.2, 0.25) is 0 Å². The van der Waals surface area contributed by atoms with Crippen molar-refractivity contribution in [3.05, 3.63) is 0 Å². The van der Waals surface area contributed by atoms with Crippen LogP contribution in [-0.2, 0) is 33.3 Å². The Balaban J connectivity index is 1.01. The summed E-state index contributed by atoms with van der Waals surface area (Å²) in [7, 11) is 0. The number of aliphatic hydroxyl groups is 1. The minimum Gasteiger partial charge on any atom is -0.457 e. The molecule has 0 bridgehead atoms. The smallest absolute Gasteiger partial charge is 0.303 e. The van der Waals surface area contributed by atoms with E-state index in [1.54, 1.807) is 13.8 Å². The predicted molar refractivity (Wildman–Crippen MR) is 187 cm³/mol. The average Bonchev–Trinajstić information content (AvgIpc) is 3.69. The number of fused-ring (bicyclic) bond motifs is 4. The Kier molecular flexibility index (Phi) is 8.58. The molecule has 282 valence electrons. The molecule has 9 nitrogen and oxygen atoms in total. The number of rotatable bonds is 6. The lowest BCUT2D eigenvalue weighted by Crippen LogP contribution is -2.60. The molecule has 1 unspecified atom stereocenters. The van der Waals surface area contributed by atoms with E-state index in [0.717, 1.165) is 71.4 Å². The van der Waals surface area contributed by atoms with Crippen LogP contribution >= 0.6 is 0 Å². The van der Waals surface area contributed by atoms with Crippen LogP contribution in [-0.4, -0.2) is 97.0 Å². The zero-order valence-electron chi connectivity index (χ0n) is 32.1. The van der Waals surface area contributed by atoms with E-state index in [2.05, 4.69) is 39.5 Å². The molecular weight excluding hydrogens is 634 g/mol. The molecule has 3 saturated heterocycles. The van der Waals surface area contributed by atoms with Crippen LogP contribution in [0, 0.1) is 50.7 Å². The number of esters is 1. The summed E-state index contributed by atoms with van der Waals surface area (Å²) in [5.41, 5.74) is -1.40. The van der Waals surface area contributed by atoms with Crippen LogP contribution in [0.4, 0.5) is 0 Å². The van der Waals surface area contributed by atoms with Gasteiger partial charge < -0.3 is 28.8 Å². The van der Waals surface area contributed by atoms with E-state index < -0.39 is 35.3 Å². The van der Waals surface area contributed by atoms with Crippen LogP contribution in [0.5, 0.6) is 0 Å². The molecule has 5 saturated carbocycles. The highest BCUT2D eigenvalue weighted by molar-refractivity contribution is 5.93. The molecule has 3 heterocycles. The molecule has 0 aromatic rings. The molecule has 5 aliphatic carbocycles. The lowest BCUT2D eigenvalue weighted by Gasteiger charge is -2.62. The molecule has 8 fully saturated rings. The van der Waals surface area contributed by atoms with Crippen LogP contribution in [0.25, 0.3) is 0 Å². The van der Waals surface area contributed by atoms with Crippen LogP contribution in [0.1, 0.15) is 120 Å². The van der Waals surface area contributed by atoms with Gasteiger partial charge in [-0.2, -0.15) is 0 Å². The minimum atomic E-state index is -1.28. The summed E-state index contributed by atoms with van der Waals surface area (Å²) in [6, 6.07) is 0.569. The van der Waals surface area contributed by atoms with E-state index in [4.69, 9.17) is 23.7 Å².